The summed E-state index contributed by atoms with van der Waals surface area (Å²) in [7, 11) is -3.72. The van der Waals surface area contributed by atoms with Crippen LogP contribution >= 0.6 is 0 Å². The number of alkyl carbamates (subject to hydrolysis) is 1. The fourth-order valence-corrected chi connectivity index (χ4v) is 5.41. The minimum absolute atomic E-state index is 0.211. The number of ether oxygens (including phenoxy) is 1. The number of carbonyl (C=O) groups excluding carboxylic acids is 3. The van der Waals surface area contributed by atoms with Crippen LogP contribution in [0.5, 0.6) is 0 Å². The first kappa shape index (κ1) is 23.4. The number of sulfonamides is 1. The molecule has 0 aromatic rings. The molecule has 2 aliphatic heterocycles. The molecule has 0 radical (unpaired) electrons. The Balaban J connectivity index is 2.27. The van der Waals surface area contributed by atoms with Gasteiger partial charge in [0.05, 0.1) is 24.3 Å². The minimum Gasteiger partial charge on any atom is -0.444 e. The lowest BCUT2D eigenvalue weighted by Crippen LogP contribution is -2.54. The van der Waals surface area contributed by atoms with Crippen LogP contribution in [-0.2, 0) is 24.3 Å². The van der Waals surface area contributed by atoms with Crippen LogP contribution < -0.4 is 5.32 Å². The van der Waals surface area contributed by atoms with Crippen LogP contribution in [0.2, 0.25) is 0 Å². The zero-order valence-corrected chi connectivity index (χ0v) is 19.1. The van der Waals surface area contributed by atoms with Crippen molar-refractivity contribution in [1.82, 2.24) is 14.5 Å². The maximum absolute atomic E-state index is 13.3. The first-order valence-corrected chi connectivity index (χ1v) is 11.9. The van der Waals surface area contributed by atoms with Gasteiger partial charge in [0.2, 0.25) is 21.8 Å². The van der Waals surface area contributed by atoms with Crippen molar-refractivity contribution in [3.63, 3.8) is 0 Å². The molecule has 3 amide bonds. The summed E-state index contributed by atoms with van der Waals surface area (Å²) < 4.78 is 30.6. The van der Waals surface area contributed by atoms with E-state index in [1.54, 1.807) is 25.7 Å². The number of likely N-dealkylation sites (tertiary alicyclic amines) is 1. The normalized spacial score (nSPS) is 25.9. The SMILES string of the molecule is CC[C@@H]1C(=O)N(S(C)(=O)=O)[C@@H]2CCN(C(=O)[C@@H](NC(=O)OC(C)(C)C)C(C)C)[C@H]12. The molecule has 0 spiro atoms. The van der Waals surface area contributed by atoms with Crippen LogP contribution in [0.25, 0.3) is 0 Å². The summed E-state index contributed by atoms with van der Waals surface area (Å²) >= 11 is 0. The number of hydrogen-bond acceptors (Lipinski definition) is 6. The number of nitrogens with one attached hydrogen (secondary N) is 1. The second kappa shape index (κ2) is 8.12. The molecule has 0 saturated carbocycles. The maximum Gasteiger partial charge on any atom is 0.408 e. The van der Waals surface area contributed by atoms with Crippen LogP contribution in [0.4, 0.5) is 4.79 Å². The molecule has 9 nitrogen and oxygen atoms in total. The lowest BCUT2D eigenvalue weighted by atomic mass is 9.95. The molecule has 0 aromatic heterocycles. The lowest BCUT2D eigenvalue weighted by Gasteiger charge is -2.32. The van der Waals surface area contributed by atoms with Gasteiger partial charge in [-0.2, -0.15) is 0 Å². The second-order valence-corrected chi connectivity index (χ2v) is 11.0. The number of nitrogens with zero attached hydrogens (tertiary/aromatic N) is 2. The van der Waals surface area contributed by atoms with Gasteiger partial charge in [0, 0.05) is 6.54 Å². The zero-order chi connectivity index (χ0) is 22.3. The molecule has 1 N–H and O–H groups in total. The minimum atomic E-state index is -3.72. The van der Waals surface area contributed by atoms with E-state index in [0.29, 0.717) is 19.4 Å². The standard InChI is InChI=1S/C19H33N3O6S/c1-8-12-15-13(22(16(12)23)29(7,26)27)9-10-21(15)17(24)14(11(2)3)20-18(25)28-19(4,5)6/h11-15H,8-10H2,1-7H3,(H,20,25)/t12-,13+,14-,15+/m0/s1. The second-order valence-electron chi connectivity index (χ2n) is 9.16. The zero-order valence-electron chi connectivity index (χ0n) is 18.3. The molecular weight excluding hydrogens is 398 g/mol. The monoisotopic (exact) mass is 431 g/mol. The molecule has 2 rings (SSSR count). The Morgan fingerprint density at radius 2 is 1.86 bits per heavy atom. The highest BCUT2D eigenvalue weighted by Gasteiger charge is 2.57. The number of carbonyl (C=O) groups is 3. The molecule has 0 unspecified atom stereocenters. The van der Waals surface area contributed by atoms with Crippen molar-refractivity contribution in [2.75, 3.05) is 12.8 Å². The molecule has 2 heterocycles. The van der Waals surface area contributed by atoms with Crippen molar-refractivity contribution < 1.29 is 27.5 Å². The van der Waals surface area contributed by atoms with Gasteiger partial charge in [0.15, 0.2) is 0 Å². The van der Waals surface area contributed by atoms with Crippen molar-refractivity contribution in [3.05, 3.63) is 0 Å². The van der Waals surface area contributed by atoms with E-state index in [-0.39, 0.29) is 11.8 Å². The Morgan fingerprint density at radius 1 is 1.28 bits per heavy atom. The van der Waals surface area contributed by atoms with E-state index in [1.807, 2.05) is 20.8 Å². The van der Waals surface area contributed by atoms with Gasteiger partial charge in [0.1, 0.15) is 11.6 Å². The fourth-order valence-electron chi connectivity index (χ4n) is 4.22. The molecular formula is C19H33N3O6S. The maximum atomic E-state index is 13.3. The van der Waals surface area contributed by atoms with E-state index in [1.165, 1.54) is 0 Å². The Bertz CT molecular complexity index is 773. The summed E-state index contributed by atoms with van der Waals surface area (Å²) in [5.74, 6) is -1.56. The van der Waals surface area contributed by atoms with Crippen LogP contribution in [0.15, 0.2) is 0 Å². The van der Waals surface area contributed by atoms with Crippen molar-refractivity contribution in [1.29, 1.82) is 0 Å². The highest BCUT2D eigenvalue weighted by molar-refractivity contribution is 7.88. The first-order chi connectivity index (χ1) is 13.2. The summed E-state index contributed by atoms with van der Waals surface area (Å²) in [6, 6.07) is -1.90. The largest absolute Gasteiger partial charge is 0.444 e. The van der Waals surface area contributed by atoms with Crippen LogP contribution in [0.3, 0.4) is 0 Å². The van der Waals surface area contributed by atoms with Gasteiger partial charge < -0.3 is 15.0 Å². The smallest absolute Gasteiger partial charge is 0.408 e. The van der Waals surface area contributed by atoms with E-state index in [4.69, 9.17) is 4.74 Å². The van der Waals surface area contributed by atoms with Gasteiger partial charge in [-0.25, -0.2) is 17.5 Å². The molecule has 0 aliphatic carbocycles. The lowest BCUT2D eigenvalue weighted by molar-refractivity contribution is -0.137. The summed E-state index contributed by atoms with van der Waals surface area (Å²) in [4.78, 5) is 39.9. The topological polar surface area (TPSA) is 113 Å². The molecule has 2 aliphatic rings. The van der Waals surface area contributed by atoms with Gasteiger partial charge in [-0.15, -0.1) is 0 Å². The number of rotatable bonds is 5. The summed E-state index contributed by atoms with van der Waals surface area (Å²) in [5, 5.41) is 2.65. The predicted octanol–water partition coefficient (Wildman–Crippen LogP) is 1.33. The quantitative estimate of drug-likeness (QED) is 0.703. The first-order valence-electron chi connectivity index (χ1n) is 10.0. The van der Waals surface area contributed by atoms with Crippen molar-refractivity contribution >= 4 is 27.9 Å². The van der Waals surface area contributed by atoms with E-state index >= 15 is 0 Å². The average Bonchev–Trinajstić information content (AvgIpc) is 3.05. The van der Waals surface area contributed by atoms with E-state index in [0.717, 1.165) is 10.6 Å². The molecule has 29 heavy (non-hydrogen) atoms. The van der Waals surface area contributed by atoms with E-state index in [9.17, 15) is 22.8 Å². The van der Waals surface area contributed by atoms with Gasteiger partial charge in [-0.1, -0.05) is 20.8 Å². The summed E-state index contributed by atoms with van der Waals surface area (Å²) in [6.07, 6.45) is 1.16. The molecule has 10 heteroatoms. The fraction of sp³-hybridized carbons (Fsp3) is 0.842. The van der Waals surface area contributed by atoms with Gasteiger partial charge >= 0.3 is 6.09 Å². The van der Waals surface area contributed by atoms with Crippen LogP contribution in [0.1, 0.15) is 54.4 Å². The predicted molar refractivity (Wildman–Crippen MR) is 107 cm³/mol. The molecule has 2 fully saturated rings. The molecule has 4 atom stereocenters. The van der Waals surface area contributed by atoms with Crippen molar-refractivity contribution in [2.45, 2.75) is 78.1 Å². The Morgan fingerprint density at radius 3 is 2.31 bits per heavy atom. The highest BCUT2D eigenvalue weighted by atomic mass is 32.2. The molecule has 0 aromatic carbocycles. The van der Waals surface area contributed by atoms with E-state index in [2.05, 4.69) is 5.32 Å². The Hall–Kier alpha value is -1.84. The molecule has 166 valence electrons. The van der Waals surface area contributed by atoms with Crippen molar-refractivity contribution in [3.8, 4) is 0 Å². The van der Waals surface area contributed by atoms with Gasteiger partial charge in [0.25, 0.3) is 0 Å². The Kier molecular flexibility index (Phi) is 6.56. The average molecular weight is 432 g/mol. The molecule has 2 saturated heterocycles. The highest BCUT2D eigenvalue weighted by Crippen LogP contribution is 2.39. The summed E-state index contributed by atoms with van der Waals surface area (Å²) in [6.45, 7) is 11.0. The number of fused-ring (bicyclic) bond motifs is 1. The third kappa shape index (κ3) is 4.84. The van der Waals surface area contributed by atoms with Crippen LogP contribution in [-0.4, -0.2) is 72.1 Å². The molecule has 0 bridgehead atoms. The Labute approximate surface area is 173 Å². The number of amides is 3. The van der Waals surface area contributed by atoms with Gasteiger partial charge in [-0.3, -0.25) is 9.59 Å². The summed E-state index contributed by atoms with van der Waals surface area (Å²) in [5.41, 5.74) is -0.700. The third-order valence-corrected chi connectivity index (χ3v) is 6.52. The van der Waals surface area contributed by atoms with E-state index < -0.39 is 51.7 Å². The van der Waals surface area contributed by atoms with Crippen LogP contribution in [0, 0.1) is 11.8 Å². The third-order valence-electron chi connectivity index (χ3n) is 5.35. The van der Waals surface area contributed by atoms with Crippen molar-refractivity contribution in [2.24, 2.45) is 11.8 Å². The number of hydrogen-bond donors (Lipinski definition) is 1. The van der Waals surface area contributed by atoms with Gasteiger partial charge in [-0.05, 0) is 39.5 Å².